The fourth-order valence-electron chi connectivity index (χ4n) is 3.43. The van der Waals surface area contributed by atoms with Gasteiger partial charge < -0.3 is 10.1 Å². The van der Waals surface area contributed by atoms with Crippen molar-refractivity contribution in [3.63, 3.8) is 0 Å². The Bertz CT molecular complexity index is 243. The molecule has 2 aliphatic heterocycles. The first kappa shape index (κ1) is 11.9. The third-order valence-corrected chi connectivity index (χ3v) is 4.78. The molecular formula is C14H26N2O. The van der Waals surface area contributed by atoms with Crippen molar-refractivity contribution < 1.29 is 4.74 Å². The zero-order valence-electron chi connectivity index (χ0n) is 11.0. The van der Waals surface area contributed by atoms with E-state index in [2.05, 4.69) is 17.1 Å². The van der Waals surface area contributed by atoms with Crippen molar-refractivity contribution in [1.82, 2.24) is 10.2 Å². The van der Waals surface area contributed by atoms with Crippen LogP contribution in [0.15, 0.2) is 0 Å². The summed E-state index contributed by atoms with van der Waals surface area (Å²) in [6.45, 7) is 6.89. The van der Waals surface area contributed by atoms with Gasteiger partial charge in [-0.25, -0.2) is 0 Å². The van der Waals surface area contributed by atoms with E-state index < -0.39 is 0 Å². The minimum absolute atomic E-state index is 0.715. The Morgan fingerprint density at radius 2 is 2.18 bits per heavy atom. The van der Waals surface area contributed by atoms with Crippen LogP contribution >= 0.6 is 0 Å². The first-order valence-electron chi connectivity index (χ1n) is 7.41. The van der Waals surface area contributed by atoms with E-state index in [1.54, 1.807) is 0 Å². The van der Waals surface area contributed by atoms with Crippen LogP contribution in [0.25, 0.3) is 0 Å². The molecule has 3 nitrogen and oxygen atoms in total. The van der Waals surface area contributed by atoms with Gasteiger partial charge >= 0.3 is 0 Å². The Balaban J connectivity index is 1.57. The fraction of sp³-hybridized carbons (Fsp3) is 1.00. The summed E-state index contributed by atoms with van der Waals surface area (Å²) in [6, 6.07) is 2.35. The Labute approximate surface area is 105 Å². The number of nitrogens with one attached hydrogen (secondary N) is 1. The molecule has 2 heterocycles. The van der Waals surface area contributed by atoms with Gasteiger partial charge in [-0.1, -0.05) is 0 Å². The van der Waals surface area contributed by atoms with Crippen molar-refractivity contribution in [3.05, 3.63) is 0 Å². The van der Waals surface area contributed by atoms with Crippen molar-refractivity contribution in [1.29, 1.82) is 0 Å². The lowest BCUT2D eigenvalue weighted by Crippen LogP contribution is -2.46. The van der Waals surface area contributed by atoms with Crippen LogP contribution in [0.3, 0.4) is 0 Å². The largest absolute Gasteiger partial charge is 0.381 e. The van der Waals surface area contributed by atoms with Crippen LogP contribution in [0, 0.1) is 5.92 Å². The monoisotopic (exact) mass is 238 g/mol. The predicted molar refractivity (Wildman–Crippen MR) is 69.1 cm³/mol. The van der Waals surface area contributed by atoms with E-state index in [1.807, 2.05) is 0 Å². The van der Waals surface area contributed by atoms with Gasteiger partial charge in [0.05, 0.1) is 6.61 Å². The molecule has 3 atom stereocenters. The van der Waals surface area contributed by atoms with E-state index in [0.717, 1.165) is 31.2 Å². The van der Waals surface area contributed by atoms with Gasteiger partial charge in [0, 0.05) is 31.3 Å². The predicted octanol–water partition coefficient (Wildman–Crippen LogP) is 1.63. The third-order valence-electron chi connectivity index (χ3n) is 4.78. The van der Waals surface area contributed by atoms with E-state index in [1.165, 1.54) is 45.2 Å². The minimum atomic E-state index is 0.715. The average Bonchev–Trinajstić information content (AvgIpc) is 2.86. The third kappa shape index (κ3) is 2.83. The van der Waals surface area contributed by atoms with Gasteiger partial charge in [-0.15, -0.1) is 0 Å². The lowest BCUT2D eigenvalue weighted by atomic mass is 9.98. The second kappa shape index (κ2) is 5.25. The SMILES string of the molecule is CC(C1CCOC1)N(CC1CCCN1)C1CC1. The molecule has 3 heteroatoms. The quantitative estimate of drug-likeness (QED) is 0.788. The van der Waals surface area contributed by atoms with Crippen molar-refractivity contribution >= 4 is 0 Å². The molecule has 3 rings (SSSR count). The summed E-state index contributed by atoms with van der Waals surface area (Å²) in [5.74, 6) is 0.775. The van der Waals surface area contributed by atoms with Crippen molar-refractivity contribution in [2.75, 3.05) is 26.3 Å². The summed E-state index contributed by atoms with van der Waals surface area (Å²) >= 11 is 0. The van der Waals surface area contributed by atoms with Gasteiger partial charge in [0.1, 0.15) is 0 Å². The molecule has 0 aromatic rings. The minimum Gasteiger partial charge on any atom is -0.381 e. The summed E-state index contributed by atoms with van der Waals surface area (Å²) in [4.78, 5) is 2.78. The fourth-order valence-corrected chi connectivity index (χ4v) is 3.43. The summed E-state index contributed by atoms with van der Waals surface area (Å²) in [6.07, 6.45) is 6.85. The maximum Gasteiger partial charge on any atom is 0.0509 e. The summed E-state index contributed by atoms with van der Waals surface area (Å²) in [5, 5.41) is 3.64. The lowest BCUT2D eigenvalue weighted by molar-refractivity contribution is 0.114. The second-order valence-corrected chi connectivity index (χ2v) is 6.09. The van der Waals surface area contributed by atoms with Gasteiger partial charge in [0.2, 0.25) is 0 Å². The van der Waals surface area contributed by atoms with E-state index in [0.29, 0.717) is 6.04 Å². The molecule has 3 unspecified atom stereocenters. The molecule has 17 heavy (non-hydrogen) atoms. The van der Waals surface area contributed by atoms with E-state index >= 15 is 0 Å². The molecule has 98 valence electrons. The molecule has 3 aliphatic rings. The standard InChI is InChI=1S/C14H26N2O/c1-11(12-6-8-17-10-12)16(14-4-5-14)9-13-3-2-7-15-13/h11-15H,2-10H2,1H3. The highest BCUT2D eigenvalue weighted by atomic mass is 16.5. The molecular weight excluding hydrogens is 212 g/mol. The van der Waals surface area contributed by atoms with Crippen molar-refractivity contribution in [3.8, 4) is 0 Å². The molecule has 2 saturated heterocycles. The number of ether oxygens (including phenoxy) is 1. The average molecular weight is 238 g/mol. The normalized spacial score (nSPS) is 35.6. The summed E-state index contributed by atoms with van der Waals surface area (Å²) < 4.78 is 5.56. The van der Waals surface area contributed by atoms with Crippen LogP contribution in [-0.4, -0.2) is 49.3 Å². The molecule has 0 radical (unpaired) electrons. The Morgan fingerprint density at radius 3 is 2.76 bits per heavy atom. The van der Waals surface area contributed by atoms with Crippen LogP contribution in [0.4, 0.5) is 0 Å². The second-order valence-electron chi connectivity index (χ2n) is 6.09. The molecule has 0 spiro atoms. The molecule has 0 amide bonds. The van der Waals surface area contributed by atoms with Crippen LogP contribution in [0.2, 0.25) is 0 Å². The smallest absolute Gasteiger partial charge is 0.0509 e. The maximum absolute atomic E-state index is 5.56. The highest BCUT2D eigenvalue weighted by Gasteiger charge is 2.37. The Hall–Kier alpha value is -0.120. The molecule has 0 bridgehead atoms. The molecule has 0 aromatic carbocycles. The highest BCUT2D eigenvalue weighted by molar-refractivity contribution is 4.93. The first-order valence-corrected chi connectivity index (χ1v) is 7.41. The highest BCUT2D eigenvalue weighted by Crippen LogP contribution is 2.33. The molecule has 0 aromatic heterocycles. The molecule has 1 saturated carbocycles. The lowest BCUT2D eigenvalue weighted by Gasteiger charge is -2.34. The Morgan fingerprint density at radius 1 is 1.29 bits per heavy atom. The van der Waals surface area contributed by atoms with Crippen LogP contribution < -0.4 is 5.32 Å². The van der Waals surface area contributed by atoms with E-state index in [9.17, 15) is 0 Å². The number of rotatable bonds is 5. The first-order chi connectivity index (χ1) is 8.34. The van der Waals surface area contributed by atoms with E-state index in [4.69, 9.17) is 4.74 Å². The molecule has 1 N–H and O–H groups in total. The Kier molecular flexibility index (Phi) is 3.69. The molecule has 3 fully saturated rings. The number of hydrogen-bond acceptors (Lipinski definition) is 3. The number of hydrogen-bond donors (Lipinski definition) is 1. The maximum atomic E-state index is 5.56. The van der Waals surface area contributed by atoms with Gasteiger partial charge in [-0.05, 0) is 51.5 Å². The summed E-state index contributed by atoms with van der Waals surface area (Å²) in [7, 11) is 0. The van der Waals surface area contributed by atoms with Crippen LogP contribution in [0.5, 0.6) is 0 Å². The zero-order chi connectivity index (χ0) is 11.7. The summed E-state index contributed by atoms with van der Waals surface area (Å²) in [5.41, 5.74) is 0. The van der Waals surface area contributed by atoms with Gasteiger partial charge in [-0.3, -0.25) is 4.90 Å². The zero-order valence-corrected chi connectivity index (χ0v) is 11.0. The van der Waals surface area contributed by atoms with Gasteiger partial charge in [0.25, 0.3) is 0 Å². The van der Waals surface area contributed by atoms with Gasteiger partial charge in [0.15, 0.2) is 0 Å². The van der Waals surface area contributed by atoms with Crippen LogP contribution in [0.1, 0.15) is 39.0 Å². The van der Waals surface area contributed by atoms with Crippen molar-refractivity contribution in [2.24, 2.45) is 5.92 Å². The van der Waals surface area contributed by atoms with Crippen molar-refractivity contribution in [2.45, 2.75) is 57.2 Å². The number of nitrogens with zero attached hydrogens (tertiary/aromatic N) is 1. The topological polar surface area (TPSA) is 24.5 Å². The van der Waals surface area contributed by atoms with Crippen LogP contribution in [-0.2, 0) is 4.74 Å². The van der Waals surface area contributed by atoms with Gasteiger partial charge in [-0.2, -0.15) is 0 Å². The molecule has 1 aliphatic carbocycles. The van der Waals surface area contributed by atoms with E-state index in [-0.39, 0.29) is 0 Å².